The summed E-state index contributed by atoms with van der Waals surface area (Å²) in [7, 11) is 0. The summed E-state index contributed by atoms with van der Waals surface area (Å²) in [6.45, 7) is 4.66. The molecule has 0 saturated carbocycles. The summed E-state index contributed by atoms with van der Waals surface area (Å²) >= 11 is 0. The molecule has 0 spiro atoms. The number of halogens is 3. The SMILES string of the molecule is Cc1cc(C(=O)COC(=O)c2cccnc2Nc2cccc(C(F)(F)F)c2)c(C)n1C[C@@H]1CCCO1. The molecule has 0 radical (unpaired) electrons. The summed E-state index contributed by atoms with van der Waals surface area (Å²) in [5, 5.41) is 2.73. The zero-order valence-corrected chi connectivity index (χ0v) is 19.9. The average molecular weight is 502 g/mol. The van der Waals surface area contributed by atoms with Crippen molar-refractivity contribution in [2.75, 3.05) is 18.5 Å². The number of benzene rings is 1. The fourth-order valence-corrected chi connectivity index (χ4v) is 4.22. The second-order valence-electron chi connectivity index (χ2n) is 8.63. The molecule has 1 fully saturated rings. The van der Waals surface area contributed by atoms with Gasteiger partial charge in [0.05, 0.1) is 11.7 Å². The van der Waals surface area contributed by atoms with Gasteiger partial charge >= 0.3 is 12.1 Å². The molecule has 3 heterocycles. The van der Waals surface area contributed by atoms with Crippen LogP contribution in [0.4, 0.5) is 24.7 Å². The highest BCUT2D eigenvalue weighted by Crippen LogP contribution is 2.31. The van der Waals surface area contributed by atoms with E-state index in [1.54, 1.807) is 6.07 Å². The number of esters is 1. The molecular formula is C26H26F3N3O4. The lowest BCUT2D eigenvalue weighted by atomic mass is 10.1. The Balaban J connectivity index is 1.44. The largest absolute Gasteiger partial charge is 0.454 e. The Bertz CT molecular complexity index is 1260. The van der Waals surface area contributed by atoms with Gasteiger partial charge in [-0.05, 0) is 63.1 Å². The number of alkyl halides is 3. The molecule has 3 aromatic rings. The Morgan fingerprint density at radius 2 is 1.97 bits per heavy atom. The van der Waals surface area contributed by atoms with Gasteiger partial charge in [-0.15, -0.1) is 0 Å². The van der Waals surface area contributed by atoms with E-state index in [1.165, 1.54) is 30.5 Å². The first-order valence-electron chi connectivity index (χ1n) is 11.5. The minimum absolute atomic E-state index is 0.00781. The van der Waals surface area contributed by atoms with Crippen molar-refractivity contribution in [3.05, 3.63) is 76.7 Å². The normalized spacial score (nSPS) is 15.6. The zero-order valence-electron chi connectivity index (χ0n) is 19.9. The van der Waals surface area contributed by atoms with E-state index in [9.17, 15) is 22.8 Å². The van der Waals surface area contributed by atoms with Crippen molar-refractivity contribution in [2.45, 2.75) is 45.5 Å². The summed E-state index contributed by atoms with van der Waals surface area (Å²) < 4.78 is 52.1. The van der Waals surface area contributed by atoms with Crippen molar-refractivity contribution in [1.29, 1.82) is 0 Å². The van der Waals surface area contributed by atoms with E-state index in [4.69, 9.17) is 9.47 Å². The number of anilines is 2. The van der Waals surface area contributed by atoms with Gasteiger partial charge < -0.3 is 19.4 Å². The van der Waals surface area contributed by atoms with Gasteiger partial charge in [0.15, 0.2) is 6.61 Å². The van der Waals surface area contributed by atoms with E-state index >= 15 is 0 Å². The summed E-state index contributed by atoms with van der Waals surface area (Å²) in [5.41, 5.74) is 1.41. The van der Waals surface area contributed by atoms with Crippen molar-refractivity contribution >= 4 is 23.3 Å². The van der Waals surface area contributed by atoms with Gasteiger partial charge in [-0.1, -0.05) is 6.07 Å². The topological polar surface area (TPSA) is 82.5 Å². The molecule has 1 atom stereocenters. The van der Waals surface area contributed by atoms with E-state index < -0.39 is 24.3 Å². The average Bonchev–Trinajstić information content (AvgIpc) is 3.46. The Morgan fingerprint density at radius 3 is 2.69 bits per heavy atom. The van der Waals surface area contributed by atoms with Crippen LogP contribution >= 0.6 is 0 Å². The summed E-state index contributed by atoms with van der Waals surface area (Å²) in [5.74, 6) is -1.16. The number of aromatic nitrogens is 2. The molecule has 1 saturated heterocycles. The molecule has 190 valence electrons. The number of carbonyl (C=O) groups is 2. The first-order valence-corrected chi connectivity index (χ1v) is 11.5. The lowest BCUT2D eigenvalue weighted by molar-refractivity contribution is -0.137. The highest BCUT2D eigenvalue weighted by Gasteiger charge is 2.30. The van der Waals surface area contributed by atoms with Crippen LogP contribution < -0.4 is 5.32 Å². The van der Waals surface area contributed by atoms with Gasteiger partial charge in [-0.3, -0.25) is 4.79 Å². The van der Waals surface area contributed by atoms with Gasteiger partial charge in [0.1, 0.15) is 11.4 Å². The number of carbonyl (C=O) groups excluding carboxylic acids is 2. The molecule has 0 amide bonds. The Labute approximate surface area is 206 Å². The van der Waals surface area contributed by atoms with Crippen molar-refractivity contribution in [2.24, 2.45) is 0 Å². The van der Waals surface area contributed by atoms with Crippen LogP contribution in [-0.4, -0.2) is 40.6 Å². The third-order valence-corrected chi connectivity index (χ3v) is 6.10. The van der Waals surface area contributed by atoms with Crippen molar-refractivity contribution in [3.8, 4) is 0 Å². The molecule has 1 N–H and O–H groups in total. The lowest BCUT2D eigenvalue weighted by Gasteiger charge is -2.15. The minimum Gasteiger partial charge on any atom is -0.454 e. The van der Waals surface area contributed by atoms with E-state index in [-0.39, 0.29) is 29.0 Å². The van der Waals surface area contributed by atoms with Crippen LogP contribution in [0.1, 0.15) is 50.5 Å². The summed E-state index contributed by atoms with van der Waals surface area (Å²) in [4.78, 5) is 29.7. The number of pyridine rings is 1. The molecule has 0 aliphatic carbocycles. The molecule has 4 rings (SSSR count). The number of ketones is 1. The molecule has 1 aliphatic rings. The van der Waals surface area contributed by atoms with Crippen LogP contribution in [0.5, 0.6) is 0 Å². The molecule has 7 nitrogen and oxygen atoms in total. The van der Waals surface area contributed by atoms with E-state index in [0.29, 0.717) is 12.1 Å². The maximum absolute atomic E-state index is 13.0. The maximum atomic E-state index is 13.0. The number of hydrogen-bond donors (Lipinski definition) is 1. The monoisotopic (exact) mass is 501 g/mol. The molecule has 0 bridgehead atoms. The molecule has 0 unspecified atom stereocenters. The van der Waals surface area contributed by atoms with Crippen LogP contribution in [0.25, 0.3) is 0 Å². The number of nitrogens with zero attached hydrogens (tertiary/aromatic N) is 2. The number of rotatable bonds is 8. The van der Waals surface area contributed by atoms with Crippen molar-refractivity contribution < 1.29 is 32.2 Å². The van der Waals surface area contributed by atoms with Crippen molar-refractivity contribution in [3.63, 3.8) is 0 Å². The van der Waals surface area contributed by atoms with Crippen LogP contribution in [-0.2, 0) is 22.2 Å². The Kier molecular flexibility index (Phi) is 7.44. The zero-order chi connectivity index (χ0) is 25.9. The van der Waals surface area contributed by atoms with E-state index in [2.05, 4.69) is 10.3 Å². The fraction of sp³-hybridized carbons (Fsp3) is 0.346. The molecule has 2 aromatic heterocycles. The van der Waals surface area contributed by atoms with Gasteiger partial charge in [0.25, 0.3) is 0 Å². The van der Waals surface area contributed by atoms with Gasteiger partial charge in [-0.25, -0.2) is 9.78 Å². The standard InChI is InChI=1S/C26H26F3N3O4/c1-16-12-22(17(2)32(16)14-20-8-5-11-35-20)23(33)15-36-25(34)21-9-4-10-30-24(21)31-19-7-3-6-18(13-19)26(27,28)29/h3-4,6-7,9-10,12-13,20H,5,8,11,14-15H2,1-2H3,(H,30,31)/t20-/m0/s1. The predicted octanol–water partition coefficient (Wildman–Crippen LogP) is 5.48. The van der Waals surface area contributed by atoms with Gasteiger partial charge in [0, 0.05) is 42.0 Å². The van der Waals surface area contributed by atoms with Crippen LogP contribution in [0, 0.1) is 13.8 Å². The molecule has 36 heavy (non-hydrogen) atoms. The fourth-order valence-electron chi connectivity index (χ4n) is 4.22. The Morgan fingerprint density at radius 1 is 1.17 bits per heavy atom. The number of nitrogens with one attached hydrogen (secondary N) is 1. The summed E-state index contributed by atoms with van der Waals surface area (Å²) in [6.07, 6.45) is -1.02. The summed E-state index contributed by atoms with van der Waals surface area (Å²) in [6, 6.07) is 9.22. The Hall–Kier alpha value is -3.66. The first kappa shape index (κ1) is 25.4. The van der Waals surface area contributed by atoms with Crippen molar-refractivity contribution in [1.82, 2.24) is 9.55 Å². The smallest absolute Gasteiger partial charge is 0.416 e. The van der Waals surface area contributed by atoms with Gasteiger partial charge in [-0.2, -0.15) is 13.2 Å². The highest BCUT2D eigenvalue weighted by molar-refractivity contribution is 6.01. The number of hydrogen-bond acceptors (Lipinski definition) is 6. The van der Waals surface area contributed by atoms with E-state index in [0.717, 1.165) is 43.0 Å². The quantitative estimate of drug-likeness (QED) is 0.325. The third kappa shape index (κ3) is 5.76. The molecule has 1 aliphatic heterocycles. The maximum Gasteiger partial charge on any atom is 0.416 e. The van der Waals surface area contributed by atoms with Crippen LogP contribution in [0.2, 0.25) is 0 Å². The molecular weight excluding hydrogens is 475 g/mol. The number of Topliss-reactive ketones (excluding diaryl/α,β-unsaturated/α-hetero) is 1. The molecule has 1 aromatic carbocycles. The second-order valence-corrected chi connectivity index (χ2v) is 8.63. The van der Waals surface area contributed by atoms with Crippen LogP contribution in [0.3, 0.4) is 0 Å². The van der Waals surface area contributed by atoms with Gasteiger partial charge in [0.2, 0.25) is 5.78 Å². The second kappa shape index (κ2) is 10.5. The minimum atomic E-state index is -4.51. The lowest BCUT2D eigenvalue weighted by Crippen LogP contribution is -2.18. The predicted molar refractivity (Wildman–Crippen MR) is 126 cm³/mol. The number of ether oxygens (including phenoxy) is 2. The van der Waals surface area contributed by atoms with Crippen LogP contribution in [0.15, 0.2) is 48.7 Å². The number of aryl methyl sites for hydroxylation is 1. The third-order valence-electron chi connectivity index (χ3n) is 6.10. The highest BCUT2D eigenvalue weighted by atomic mass is 19.4. The van der Waals surface area contributed by atoms with E-state index in [1.807, 2.05) is 18.4 Å². The molecule has 10 heteroatoms. The first-order chi connectivity index (χ1) is 17.1.